The highest BCUT2D eigenvalue weighted by atomic mass is 35.5. The smallest absolute Gasteiger partial charge is 0.262 e. The van der Waals surface area contributed by atoms with Gasteiger partial charge in [0.25, 0.3) is 5.91 Å². The van der Waals surface area contributed by atoms with E-state index in [0.717, 1.165) is 22.0 Å². The number of nitrogens with one attached hydrogen (secondary N) is 1. The van der Waals surface area contributed by atoms with Gasteiger partial charge in [-0.25, -0.2) is 4.98 Å². The van der Waals surface area contributed by atoms with Crippen LogP contribution in [0.3, 0.4) is 0 Å². The van der Waals surface area contributed by atoms with Gasteiger partial charge in [0.15, 0.2) is 6.61 Å². The van der Waals surface area contributed by atoms with Gasteiger partial charge < -0.3 is 10.1 Å². The number of ether oxygens (including phenoxy) is 1. The maximum Gasteiger partial charge on any atom is 0.262 e. The minimum absolute atomic E-state index is 0.0610. The highest BCUT2D eigenvalue weighted by molar-refractivity contribution is 7.98. The number of anilines is 1. The lowest BCUT2D eigenvalue weighted by Gasteiger charge is -2.09. The van der Waals surface area contributed by atoms with E-state index in [1.165, 1.54) is 0 Å². The molecule has 0 saturated carbocycles. The van der Waals surface area contributed by atoms with Crippen molar-refractivity contribution in [3.8, 4) is 5.75 Å². The summed E-state index contributed by atoms with van der Waals surface area (Å²) >= 11 is 7.47. The summed E-state index contributed by atoms with van der Waals surface area (Å²) in [7, 11) is 0. The number of aromatic nitrogens is 1. The molecular formula is C20H17ClN2O2S. The molecule has 0 unspecified atom stereocenters. The van der Waals surface area contributed by atoms with Crippen LogP contribution in [-0.2, 0) is 10.5 Å². The van der Waals surface area contributed by atoms with Gasteiger partial charge in [0.2, 0.25) is 0 Å². The first-order chi connectivity index (χ1) is 12.7. The lowest BCUT2D eigenvalue weighted by Crippen LogP contribution is -2.20. The molecule has 0 radical (unpaired) electrons. The number of amides is 1. The van der Waals surface area contributed by atoms with Crippen molar-refractivity contribution in [1.82, 2.24) is 4.98 Å². The molecule has 0 spiro atoms. The summed E-state index contributed by atoms with van der Waals surface area (Å²) in [6.45, 7) is -0.0610. The first-order valence-electron chi connectivity index (χ1n) is 8.00. The van der Waals surface area contributed by atoms with Crippen LogP contribution in [0.25, 0.3) is 0 Å². The molecule has 3 rings (SSSR count). The molecule has 0 bridgehead atoms. The van der Waals surface area contributed by atoms with Crippen molar-refractivity contribution in [3.05, 3.63) is 83.5 Å². The number of thioether (sulfide) groups is 1. The van der Waals surface area contributed by atoms with Crippen molar-refractivity contribution in [2.75, 3.05) is 11.9 Å². The Balaban J connectivity index is 1.51. The highest BCUT2D eigenvalue weighted by Gasteiger charge is 2.05. The highest BCUT2D eigenvalue weighted by Crippen LogP contribution is 2.22. The van der Waals surface area contributed by atoms with Crippen LogP contribution in [0.15, 0.2) is 78.0 Å². The van der Waals surface area contributed by atoms with E-state index in [0.29, 0.717) is 10.8 Å². The van der Waals surface area contributed by atoms with E-state index in [2.05, 4.69) is 10.3 Å². The van der Waals surface area contributed by atoms with E-state index in [1.54, 1.807) is 42.2 Å². The molecule has 1 aromatic heterocycles. The van der Waals surface area contributed by atoms with E-state index in [4.69, 9.17) is 16.3 Å². The van der Waals surface area contributed by atoms with Crippen molar-refractivity contribution in [2.45, 2.75) is 10.8 Å². The molecule has 1 amide bonds. The Morgan fingerprint density at radius 3 is 2.69 bits per heavy atom. The predicted molar refractivity (Wildman–Crippen MR) is 106 cm³/mol. The van der Waals surface area contributed by atoms with Crippen LogP contribution in [-0.4, -0.2) is 17.5 Å². The third kappa shape index (κ3) is 5.79. The van der Waals surface area contributed by atoms with Gasteiger partial charge in [0.05, 0.1) is 5.03 Å². The fourth-order valence-corrected chi connectivity index (χ4v) is 3.14. The summed E-state index contributed by atoms with van der Waals surface area (Å²) in [6, 6.07) is 20.5. The van der Waals surface area contributed by atoms with E-state index >= 15 is 0 Å². The summed E-state index contributed by atoms with van der Waals surface area (Å²) in [5.41, 5.74) is 1.85. The van der Waals surface area contributed by atoms with Crippen LogP contribution in [0, 0.1) is 0 Å². The average Bonchev–Trinajstić information content (AvgIpc) is 2.67. The van der Waals surface area contributed by atoms with Gasteiger partial charge in [0.1, 0.15) is 5.75 Å². The second kappa shape index (κ2) is 9.27. The van der Waals surface area contributed by atoms with Gasteiger partial charge in [-0.1, -0.05) is 29.8 Å². The monoisotopic (exact) mass is 384 g/mol. The van der Waals surface area contributed by atoms with Gasteiger partial charge in [-0.3, -0.25) is 4.79 Å². The standard InChI is InChI=1S/C20H17ClN2O2S/c21-16-7-9-18(10-8-16)25-13-19(24)23-17-5-3-4-15(12-17)14-26-20-6-1-2-11-22-20/h1-12H,13-14H2,(H,23,24). The minimum Gasteiger partial charge on any atom is -0.484 e. The zero-order valence-corrected chi connectivity index (χ0v) is 15.5. The zero-order valence-electron chi connectivity index (χ0n) is 13.9. The Morgan fingerprint density at radius 1 is 1.08 bits per heavy atom. The quantitative estimate of drug-likeness (QED) is 0.579. The molecule has 1 N–H and O–H groups in total. The lowest BCUT2D eigenvalue weighted by atomic mass is 10.2. The minimum atomic E-state index is -0.213. The van der Waals surface area contributed by atoms with Crippen molar-refractivity contribution in [1.29, 1.82) is 0 Å². The molecule has 0 fully saturated rings. The van der Waals surface area contributed by atoms with Crippen molar-refractivity contribution >= 4 is 35.0 Å². The Morgan fingerprint density at radius 2 is 1.92 bits per heavy atom. The summed E-state index contributed by atoms with van der Waals surface area (Å²) in [5, 5.41) is 4.44. The van der Waals surface area contributed by atoms with Crippen LogP contribution in [0.5, 0.6) is 5.75 Å². The Bertz CT molecular complexity index is 857. The van der Waals surface area contributed by atoms with Gasteiger partial charge >= 0.3 is 0 Å². The molecule has 2 aromatic carbocycles. The topological polar surface area (TPSA) is 51.2 Å². The van der Waals surface area contributed by atoms with E-state index in [1.807, 2.05) is 42.5 Å². The van der Waals surface area contributed by atoms with Crippen LogP contribution in [0.2, 0.25) is 5.02 Å². The molecule has 26 heavy (non-hydrogen) atoms. The summed E-state index contributed by atoms with van der Waals surface area (Å²) < 4.78 is 5.45. The molecule has 3 aromatic rings. The molecule has 6 heteroatoms. The molecule has 132 valence electrons. The maximum absolute atomic E-state index is 12.1. The molecule has 0 aliphatic carbocycles. The molecule has 0 atom stereocenters. The molecule has 1 heterocycles. The Labute approximate surface area is 161 Å². The second-order valence-electron chi connectivity index (χ2n) is 5.45. The third-order valence-electron chi connectivity index (χ3n) is 3.42. The molecule has 0 aliphatic rings. The number of halogens is 1. The summed E-state index contributed by atoms with van der Waals surface area (Å²) in [5.74, 6) is 1.17. The molecule has 0 saturated heterocycles. The predicted octanol–water partition coefficient (Wildman–Crippen LogP) is 5.04. The van der Waals surface area contributed by atoms with E-state index < -0.39 is 0 Å². The number of benzene rings is 2. The normalized spacial score (nSPS) is 10.3. The van der Waals surface area contributed by atoms with E-state index in [-0.39, 0.29) is 12.5 Å². The van der Waals surface area contributed by atoms with Crippen molar-refractivity contribution < 1.29 is 9.53 Å². The lowest BCUT2D eigenvalue weighted by molar-refractivity contribution is -0.118. The van der Waals surface area contributed by atoms with Crippen LogP contribution in [0.1, 0.15) is 5.56 Å². The summed E-state index contributed by atoms with van der Waals surface area (Å²) in [4.78, 5) is 16.4. The molecule has 0 aliphatic heterocycles. The Kier molecular flexibility index (Phi) is 6.52. The second-order valence-corrected chi connectivity index (χ2v) is 6.88. The third-order valence-corrected chi connectivity index (χ3v) is 4.69. The van der Waals surface area contributed by atoms with Crippen molar-refractivity contribution in [2.24, 2.45) is 0 Å². The van der Waals surface area contributed by atoms with Crippen LogP contribution >= 0.6 is 23.4 Å². The van der Waals surface area contributed by atoms with Gasteiger partial charge in [-0.05, 0) is 54.1 Å². The maximum atomic E-state index is 12.1. The van der Waals surface area contributed by atoms with Gasteiger partial charge in [-0.15, -0.1) is 11.8 Å². The van der Waals surface area contributed by atoms with Crippen molar-refractivity contribution in [3.63, 3.8) is 0 Å². The molecule has 4 nitrogen and oxygen atoms in total. The molecular weight excluding hydrogens is 368 g/mol. The SMILES string of the molecule is O=C(COc1ccc(Cl)cc1)Nc1cccc(CSc2ccccn2)c1. The van der Waals surface area contributed by atoms with Crippen LogP contribution < -0.4 is 10.1 Å². The number of carbonyl (C=O) groups is 1. The van der Waals surface area contributed by atoms with Gasteiger partial charge in [0, 0.05) is 22.7 Å². The Hall–Kier alpha value is -2.50. The number of hydrogen-bond acceptors (Lipinski definition) is 4. The average molecular weight is 385 g/mol. The summed E-state index contributed by atoms with van der Waals surface area (Å²) in [6.07, 6.45) is 1.78. The number of rotatable bonds is 7. The first kappa shape index (κ1) is 18.3. The van der Waals surface area contributed by atoms with Crippen LogP contribution in [0.4, 0.5) is 5.69 Å². The number of hydrogen-bond donors (Lipinski definition) is 1. The zero-order chi connectivity index (χ0) is 18.2. The number of carbonyl (C=O) groups excluding carboxylic acids is 1. The largest absolute Gasteiger partial charge is 0.484 e. The number of pyridine rings is 1. The first-order valence-corrected chi connectivity index (χ1v) is 9.36. The van der Waals surface area contributed by atoms with E-state index in [9.17, 15) is 4.79 Å². The fraction of sp³-hybridized carbons (Fsp3) is 0.100. The van der Waals surface area contributed by atoms with Gasteiger partial charge in [-0.2, -0.15) is 0 Å². The fourth-order valence-electron chi connectivity index (χ4n) is 2.21. The number of nitrogens with zero attached hydrogens (tertiary/aromatic N) is 1.